The van der Waals surface area contributed by atoms with Crippen LogP contribution in [-0.2, 0) is 14.4 Å². The van der Waals surface area contributed by atoms with E-state index >= 15 is 0 Å². The van der Waals surface area contributed by atoms with Crippen molar-refractivity contribution in [1.82, 2.24) is 9.80 Å². The molecule has 1 atom stereocenters. The first-order valence-corrected chi connectivity index (χ1v) is 14.9. The third-order valence-corrected chi connectivity index (χ3v) is 8.13. The molecule has 0 aliphatic carbocycles. The number of halogens is 1. The number of carbonyl (C=O) groups excluding carboxylic acids is 3. The van der Waals surface area contributed by atoms with Gasteiger partial charge in [0.15, 0.2) is 6.10 Å². The number of esters is 1. The largest absolute Gasteiger partial charge is 0.478 e. The lowest BCUT2D eigenvalue weighted by molar-refractivity contribution is -0.143. The van der Waals surface area contributed by atoms with Gasteiger partial charge in [-0.25, -0.2) is 0 Å². The summed E-state index contributed by atoms with van der Waals surface area (Å²) in [7, 11) is 3.92. The lowest BCUT2D eigenvalue weighted by Gasteiger charge is -2.43. The summed E-state index contributed by atoms with van der Waals surface area (Å²) in [5, 5.41) is 2.28. The second kappa shape index (κ2) is 12.0. The molecule has 0 radical (unpaired) electrons. The molecule has 2 aliphatic heterocycles. The highest BCUT2D eigenvalue weighted by molar-refractivity contribution is 6.34. The molecule has 2 heterocycles. The van der Waals surface area contributed by atoms with Crippen LogP contribution in [0.15, 0.2) is 61.2 Å². The van der Waals surface area contributed by atoms with Gasteiger partial charge in [0.05, 0.1) is 16.1 Å². The maximum absolute atomic E-state index is 13.7. The second-order valence-electron chi connectivity index (χ2n) is 12.6. The van der Waals surface area contributed by atoms with Crippen LogP contribution >= 0.6 is 11.6 Å². The van der Waals surface area contributed by atoms with E-state index in [4.69, 9.17) is 21.1 Å². The summed E-state index contributed by atoms with van der Waals surface area (Å²) in [5.41, 5.74) is 1.43. The van der Waals surface area contributed by atoms with Crippen LogP contribution < -0.4 is 14.4 Å². The number of fused-ring (bicyclic) bond motifs is 2. The first kappa shape index (κ1) is 30.6. The van der Waals surface area contributed by atoms with Gasteiger partial charge in [-0.2, -0.15) is 0 Å². The van der Waals surface area contributed by atoms with Crippen LogP contribution in [0, 0.1) is 11.3 Å². The quantitative estimate of drug-likeness (QED) is 0.184. The number of carbonyl (C=O) groups is 3. The molecule has 0 spiro atoms. The smallest absolute Gasteiger partial charge is 0.316 e. The van der Waals surface area contributed by atoms with Gasteiger partial charge in [0.1, 0.15) is 11.5 Å². The first-order valence-electron chi connectivity index (χ1n) is 14.5. The lowest BCUT2D eigenvalue weighted by Crippen LogP contribution is -2.56. The zero-order valence-electron chi connectivity index (χ0n) is 25.4. The molecule has 43 heavy (non-hydrogen) atoms. The average molecular weight is 604 g/mol. The first-order chi connectivity index (χ1) is 20.3. The molecule has 2 amide bonds. The zero-order chi connectivity index (χ0) is 31.1. The fourth-order valence-electron chi connectivity index (χ4n) is 5.37. The van der Waals surface area contributed by atoms with Crippen LogP contribution in [0.5, 0.6) is 11.5 Å². The molecular weight excluding hydrogens is 566 g/mol. The predicted molar refractivity (Wildman–Crippen MR) is 170 cm³/mol. The highest BCUT2D eigenvalue weighted by Crippen LogP contribution is 2.45. The van der Waals surface area contributed by atoms with Crippen LogP contribution in [0.3, 0.4) is 0 Å². The molecule has 226 valence electrons. The fourth-order valence-corrected chi connectivity index (χ4v) is 5.63. The minimum absolute atomic E-state index is 0.107. The maximum atomic E-state index is 13.7. The van der Waals surface area contributed by atoms with Crippen molar-refractivity contribution in [2.75, 3.05) is 45.2 Å². The Kier molecular flexibility index (Phi) is 8.54. The van der Waals surface area contributed by atoms with E-state index < -0.39 is 11.5 Å². The molecule has 8 nitrogen and oxygen atoms in total. The number of likely N-dealkylation sites (tertiary alicyclic amines) is 1. The number of hydrogen-bond acceptors (Lipinski definition) is 6. The summed E-state index contributed by atoms with van der Waals surface area (Å²) in [6.07, 6.45) is 1.17. The monoisotopic (exact) mass is 603 g/mol. The van der Waals surface area contributed by atoms with Gasteiger partial charge in [0.25, 0.3) is 5.91 Å². The molecule has 0 aromatic heterocycles. The zero-order valence-corrected chi connectivity index (χ0v) is 26.1. The predicted octanol–water partition coefficient (Wildman–Crippen LogP) is 5.80. The van der Waals surface area contributed by atoms with E-state index in [0.29, 0.717) is 60.4 Å². The van der Waals surface area contributed by atoms with E-state index in [9.17, 15) is 14.4 Å². The van der Waals surface area contributed by atoms with Crippen molar-refractivity contribution in [3.63, 3.8) is 0 Å². The molecule has 0 N–H and O–H groups in total. The number of ether oxygens (including phenoxy) is 2. The van der Waals surface area contributed by atoms with E-state index in [1.807, 2.05) is 82.2 Å². The third kappa shape index (κ3) is 6.40. The van der Waals surface area contributed by atoms with Gasteiger partial charge < -0.3 is 24.2 Å². The summed E-state index contributed by atoms with van der Waals surface area (Å²) in [6, 6.07) is 15.2. The van der Waals surface area contributed by atoms with Gasteiger partial charge in [-0.3, -0.25) is 14.4 Å². The van der Waals surface area contributed by atoms with Crippen molar-refractivity contribution in [2.45, 2.75) is 33.3 Å². The molecule has 9 heteroatoms. The van der Waals surface area contributed by atoms with Crippen LogP contribution in [-0.4, -0.2) is 74.0 Å². The van der Waals surface area contributed by atoms with Crippen LogP contribution in [0.25, 0.3) is 21.9 Å². The van der Waals surface area contributed by atoms with Crippen molar-refractivity contribution in [3.05, 3.63) is 66.2 Å². The molecule has 3 aromatic carbocycles. The second-order valence-corrected chi connectivity index (χ2v) is 13.0. The number of nitrogens with zero attached hydrogens (tertiary/aromatic N) is 3. The number of rotatable bonds is 8. The Morgan fingerprint density at radius 2 is 1.84 bits per heavy atom. The Balaban J connectivity index is 1.55. The van der Waals surface area contributed by atoms with E-state index in [2.05, 4.69) is 6.58 Å². The average Bonchev–Trinajstić information content (AvgIpc) is 2.93. The maximum Gasteiger partial charge on any atom is 0.316 e. The number of benzene rings is 3. The topological polar surface area (TPSA) is 79.4 Å². The summed E-state index contributed by atoms with van der Waals surface area (Å²) in [6.45, 7) is 11.3. The van der Waals surface area contributed by atoms with Gasteiger partial charge in [-0.15, -0.1) is 0 Å². The fraction of sp³-hybridized carbons (Fsp3) is 0.382. The van der Waals surface area contributed by atoms with Crippen LogP contribution in [0.1, 0.15) is 27.2 Å². The minimum Gasteiger partial charge on any atom is -0.478 e. The summed E-state index contributed by atoms with van der Waals surface area (Å²) < 4.78 is 12.2. The number of hydrogen-bond donors (Lipinski definition) is 0. The van der Waals surface area contributed by atoms with Crippen LogP contribution in [0.4, 0.5) is 5.69 Å². The van der Waals surface area contributed by atoms with Crippen molar-refractivity contribution >= 4 is 45.8 Å². The third-order valence-electron chi connectivity index (χ3n) is 7.82. The minimum atomic E-state index is -0.670. The molecule has 0 saturated carbocycles. The molecule has 1 unspecified atom stereocenters. The Hall–Kier alpha value is -3.88. The highest BCUT2D eigenvalue weighted by atomic mass is 35.5. The molecule has 1 saturated heterocycles. The van der Waals surface area contributed by atoms with E-state index in [0.717, 1.165) is 16.3 Å². The summed E-state index contributed by atoms with van der Waals surface area (Å²) >= 11 is 6.97. The van der Waals surface area contributed by atoms with E-state index in [1.54, 1.807) is 15.9 Å². The molecule has 3 aromatic rings. The molecule has 0 bridgehead atoms. The highest BCUT2D eigenvalue weighted by Gasteiger charge is 2.39. The van der Waals surface area contributed by atoms with Gasteiger partial charge >= 0.3 is 5.97 Å². The van der Waals surface area contributed by atoms with Crippen molar-refractivity contribution < 1.29 is 23.9 Å². The Morgan fingerprint density at radius 1 is 1.12 bits per heavy atom. The van der Waals surface area contributed by atoms with E-state index in [1.165, 1.54) is 6.08 Å². The Morgan fingerprint density at radius 3 is 2.51 bits per heavy atom. The normalized spacial score (nSPS) is 17.0. The van der Waals surface area contributed by atoms with Gasteiger partial charge in [-0.05, 0) is 81.5 Å². The van der Waals surface area contributed by atoms with Crippen molar-refractivity contribution in [3.8, 4) is 22.6 Å². The SMILES string of the molecule is C=CC(=O)N1CC(CN2C(=O)C(CCN(C)C)Oc3cc(-c4cc(OC(=O)C(C)(C)C)cc5ccccc45)c(Cl)cc32)C1. The standard InChI is InChI=1S/C34H38ClN3O5/c1-7-31(39)37-18-21(19-37)20-38-28-17-27(35)26(16-30(28)43-29(32(38)40)12-13-36(5)6)25-15-23(42-33(41)34(2,3)4)14-22-10-8-9-11-24(22)25/h7-11,14-17,21,29H,1,12-13,18-20H2,2-6H3. The van der Waals surface area contributed by atoms with Gasteiger partial charge in [0.2, 0.25) is 5.91 Å². The summed E-state index contributed by atoms with van der Waals surface area (Å²) in [4.78, 5) is 43.9. The Bertz CT molecular complexity index is 1590. The number of anilines is 1. The summed E-state index contributed by atoms with van der Waals surface area (Å²) in [5.74, 6) is 0.549. The molecular formula is C34H38ClN3O5. The van der Waals surface area contributed by atoms with Crippen molar-refractivity contribution in [2.24, 2.45) is 11.3 Å². The van der Waals surface area contributed by atoms with Gasteiger partial charge in [-0.1, -0.05) is 42.4 Å². The molecule has 5 rings (SSSR count). The lowest BCUT2D eigenvalue weighted by atomic mass is 9.95. The van der Waals surface area contributed by atoms with E-state index in [-0.39, 0.29) is 23.7 Å². The van der Waals surface area contributed by atoms with Crippen molar-refractivity contribution in [1.29, 1.82) is 0 Å². The number of amides is 2. The molecule has 1 fully saturated rings. The van der Waals surface area contributed by atoms with Gasteiger partial charge in [0, 0.05) is 44.1 Å². The Labute approximate surface area is 257 Å². The van der Waals surface area contributed by atoms with Crippen LogP contribution in [0.2, 0.25) is 5.02 Å². The molecule has 2 aliphatic rings.